The highest BCUT2D eigenvalue weighted by atomic mass is 32.1. The van der Waals surface area contributed by atoms with E-state index < -0.39 is 0 Å². The van der Waals surface area contributed by atoms with Gasteiger partial charge in [0.2, 0.25) is 0 Å². The second-order valence-corrected chi connectivity index (χ2v) is 9.34. The van der Waals surface area contributed by atoms with Crippen LogP contribution in [0.25, 0.3) is 0 Å². The molecule has 0 atom stereocenters. The zero-order valence-corrected chi connectivity index (χ0v) is 16.3. The molecule has 0 bridgehead atoms. The van der Waals surface area contributed by atoms with Gasteiger partial charge in [0.1, 0.15) is 16.7 Å². The number of piperidine rings is 1. The normalized spacial score (nSPS) is 20.0. The number of nitrogens with zero attached hydrogens (tertiary/aromatic N) is 5. The van der Waals surface area contributed by atoms with Crippen molar-refractivity contribution in [1.82, 2.24) is 30.0 Å². The van der Waals surface area contributed by atoms with Gasteiger partial charge in [-0.15, -0.1) is 21.5 Å². The molecule has 2 aliphatic heterocycles. The van der Waals surface area contributed by atoms with E-state index in [0.717, 1.165) is 45.1 Å². The van der Waals surface area contributed by atoms with Gasteiger partial charge in [-0.05, 0) is 31.3 Å². The van der Waals surface area contributed by atoms with Crippen LogP contribution in [0.5, 0.6) is 0 Å². The van der Waals surface area contributed by atoms with E-state index >= 15 is 0 Å². The third-order valence-electron chi connectivity index (χ3n) is 5.26. The van der Waals surface area contributed by atoms with E-state index in [2.05, 4.69) is 56.9 Å². The lowest BCUT2D eigenvalue weighted by molar-refractivity contribution is 0.199. The maximum absolute atomic E-state index is 4.65. The van der Waals surface area contributed by atoms with Crippen LogP contribution in [0.15, 0.2) is 6.20 Å². The summed E-state index contributed by atoms with van der Waals surface area (Å²) >= 11 is 1.86. The highest BCUT2D eigenvalue weighted by molar-refractivity contribution is 7.11. The molecule has 1 saturated heterocycles. The number of nitrogens with one attached hydrogen (secondary N) is 1. The highest BCUT2D eigenvalue weighted by Crippen LogP contribution is 2.31. The van der Waals surface area contributed by atoms with Crippen molar-refractivity contribution in [1.29, 1.82) is 0 Å². The molecule has 2 aliphatic rings. The lowest BCUT2D eigenvalue weighted by Gasteiger charge is -2.31. The molecule has 0 aromatic carbocycles. The van der Waals surface area contributed by atoms with Crippen LogP contribution >= 0.6 is 11.3 Å². The fourth-order valence-corrected chi connectivity index (χ4v) is 4.71. The fraction of sp³-hybridized carbons (Fsp3) is 0.722. The van der Waals surface area contributed by atoms with E-state index in [-0.39, 0.29) is 5.41 Å². The molecule has 7 heteroatoms. The van der Waals surface area contributed by atoms with Gasteiger partial charge in [-0.2, -0.15) is 0 Å². The van der Waals surface area contributed by atoms with Crippen molar-refractivity contribution >= 4 is 11.3 Å². The van der Waals surface area contributed by atoms with Crippen molar-refractivity contribution in [3.05, 3.63) is 27.7 Å². The molecule has 1 N–H and O–H groups in total. The van der Waals surface area contributed by atoms with Gasteiger partial charge in [-0.1, -0.05) is 20.8 Å². The summed E-state index contributed by atoms with van der Waals surface area (Å²) in [5.41, 5.74) is 0.199. The van der Waals surface area contributed by atoms with Gasteiger partial charge in [0.15, 0.2) is 0 Å². The highest BCUT2D eigenvalue weighted by Gasteiger charge is 2.27. The largest absolute Gasteiger partial charge is 0.312 e. The van der Waals surface area contributed by atoms with Crippen molar-refractivity contribution in [3.63, 3.8) is 0 Å². The van der Waals surface area contributed by atoms with Gasteiger partial charge >= 0.3 is 0 Å². The van der Waals surface area contributed by atoms with Gasteiger partial charge in [0, 0.05) is 30.1 Å². The van der Waals surface area contributed by atoms with Crippen LogP contribution in [0.4, 0.5) is 0 Å². The van der Waals surface area contributed by atoms with Crippen LogP contribution < -0.4 is 5.32 Å². The van der Waals surface area contributed by atoms with Crippen molar-refractivity contribution in [2.75, 3.05) is 19.6 Å². The van der Waals surface area contributed by atoms with Crippen LogP contribution in [0, 0.1) is 0 Å². The number of rotatable bonds is 3. The van der Waals surface area contributed by atoms with Crippen LogP contribution in [0.1, 0.15) is 61.1 Å². The Morgan fingerprint density at radius 1 is 1.20 bits per heavy atom. The first-order valence-corrected chi connectivity index (χ1v) is 10.1. The van der Waals surface area contributed by atoms with Gasteiger partial charge in [0.25, 0.3) is 0 Å². The minimum atomic E-state index is 0.199. The van der Waals surface area contributed by atoms with Crippen LogP contribution in [0.3, 0.4) is 0 Å². The van der Waals surface area contributed by atoms with E-state index in [1.165, 1.54) is 28.6 Å². The summed E-state index contributed by atoms with van der Waals surface area (Å²) in [4.78, 5) is 8.56. The molecule has 4 heterocycles. The predicted molar refractivity (Wildman–Crippen MR) is 99.8 cm³/mol. The molecule has 6 nitrogen and oxygen atoms in total. The zero-order valence-electron chi connectivity index (χ0n) is 15.5. The smallest absolute Gasteiger partial charge is 0.147 e. The second-order valence-electron chi connectivity index (χ2n) is 8.22. The molecule has 2 aromatic rings. The van der Waals surface area contributed by atoms with Crippen LogP contribution in [-0.2, 0) is 25.0 Å². The molecule has 25 heavy (non-hydrogen) atoms. The Hall–Kier alpha value is -1.31. The lowest BCUT2D eigenvalue weighted by Crippen LogP contribution is -2.34. The number of thiazole rings is 1. The molecule has 0 spiro atoms. The molecule has 0 aliphatic carbocycles. The summed E-state index contributed by atoms with van der Waals surface area (Å²) in [5, 5.41) is 13.5. The summed E-state index contributed by atoms with van der Waals surface area (Å²) in [6.45, 7) is 12.9. The van der Waals surface area contributed by atoms with Gasteiger partial charge in [0.05, 0.1) is 13.1 Å². The van der Waals surface area contributed by atoms with Crippen molar-refractivity contribution in [2.45, 2.75) is 64.6 Å². The first-order chi connectivity index (χ1) is 12.0. The SMILES string of the molecule is CC(C)(C)c1cnc(CN2CCC(c3nnc4n3CCNC4)CC2)s1. The van der Waals surface area contributed by atoms with Gasteiger partial charge in [-0.25, -0.2) is 4.98 Å². The van der Waals surface area contributed by atoms with Gasteiger partial charge in [-0.3, -0.25) is 4.90 Å². The average molecular weight is 361 g/mol. The summed E-state index contributed by atoms with van der Waals surface area (Å²) in [6.07, 6.45) is 4.40. The molecular weight excluding hydrogens is 332 g/mol. The monoisotopic (exact) mass is 360 g/mol. The summed E-state index contributed by atoms with van der Waals surface area (Å²) in [5.74, 6) is 2.86. The topological polar surface area (TPSA) is 58.9 Å². The Morgan fingerprint density at radius 3 is 2.72 bits per heavy atom. The standard InChI is InChI=1S/C18H28N6S/c1-18(2,3)14-10-20-16(25-14)12-23-7-4-13(5-8-23)17-22-21-15-11-19-6-9-24(15)17/h10,13,19H,4-9,11-12H2,1-3H3. The second kappa shape index (κ2) is 6.78. The molecule has 2 aromatic heterocycles. The van der Waals surface area contributed by atoms with E-state index in [1.807, 2.05) is 11.3 Å². The number of hydrogen-bond acceptors (Lipinski definition) is 6. The molecule has 4 rings (SSSR count). The number of aromatic nitrogens is 4. The van der Waals surface area contributed by atoms with E-state index in [1.54, 1.807) is 0 Å². The predicted octanol–water partition coefficient (Wildman–Crippen LogP) is 2.51. The Kier molecular flexibility index (Phi) is 4.64. The summed E-state index contributed by atoms with van der Waals surface area (Å²) in [7, 11) is 0. The molecule has 136 valence electrons. The van der Waals surface area contributed by atoms with E-state index in [4.69, 9.17) is 0 Å². The van der Waals surface area contributed by atoms with E-state index in [0.29, 0.717) is 5.92 Å². The fourth-order valence-electron chi connectivity index (χ4n) is 3.69. The molecule has 0 radical (unpaired) electrons. The lowest BCUT2D eigenvalue weighted by atomic mass is 9.95. The third-order valence-corrected chi connectivity index (χ3v) is 6.66. The summed E-state index contributed by atoms with van der Waals surface area (Å²) in [6, 6.07) is 0. The minimum Gasteiger partial charge on any atom is -0.312 e. The molecule has 0 unspecified atom stereocenters. The Morgan fingerprint density at radius 2 is 2.00 bits per heavy atom. The van der Waals surface area contributed by atoms with Crippen molar-refractivity contribution in [3.8, 4) is 0 Å². The zero-order chi connectivity index (χ0) is 17.4. The molecular formula is C18H28N6S. The molecule has 0 saturated carbocycles. The average Bonchev–Trinajstić information content (AvgIpc) is 3.22. The van der Waals surface area contributed by atoms with Crippen LogP contribution in [0.2, 0.25) is 0 Å². The Balaban J connectivity index is 1.36. The number of fused-ring (bicyclic) bond motifs is 1. The van der Waals surface area contributed by atoms with Crippen molar-refractivity contribution in [2.24, 2.45) is 0 Å². The van der Waals surface area contributed by atoms with Crippen LogP contribution in [-0.4, -0.2) is 44.3 Å². The van der Waals surface area contributed by atoms with Crippen molar-refractivity contribution < 1.29 is 0 Å². The number of likely N-dealkylation sites (tertiary alicyclic amines) is 1. The Bertz CT molecular complexity index is 720. The molecule has 0 amide bonds. The first-order valence-electron chi connectivity index (χ1n) is 9.31. The summed E-state index contributed by atoms with van der Waals surface area (Å²) < 4.78 is 2.34. The van der Waals surface area contributed by atoms with Gasteiger partial charge < -0.3 is 9.88 Å². The Labute approximate surface area is 153 Å². The maximum atomic E-state index is 4.65. The molecule has 1 fully saturated rings. The first kappa shape index (κ1) is 17.1. The van der Waals surface area contributed by atoms with E-state index in [9.17, 15) is 0 Å². The maximum Gasteiger partial charge on any atom is 0.147 e. The quantitative estimate of drug-likeness (QED) is 0.911. The number of hydrogen-bond donors (Lipinski definition) is 1. The minimum absolute atomic E-state index is 0.199. The third kappa shape index (κ3) is 3.64.